The molecule has 0 rings (SSSR count). The lowest BCUT2D eigenvalue weighted by Crippen LogP contribution is -2.53. The van der Waals surface area contributed by atoms with Crippen molar-refractivity contribution in [1.29, 1.82) is 0 Å². The summed E-state index contributed by atoms with van der Waals surface area (Å²) in [6.45, 7) is 10.6. The van der Waals surface area contributed by atoms with Gasteiger partial charge in [-0.2, -0.15) is 0 Å². The van der Waals surface area contributed by atoms with Crippen LogP contribution in [0.2, 0.25) is 0 Å². The first-order valence-corrected chi connectivity index (χ1v) is 5.03. The van der Waals surface area contributed by atoms with Crippen LogP contribution in [0, 0.1) is 11.8 Å². The van der Waals surface area contributed by atoms with Gasteiger partial charge in [0.2, 0.25) is 0 Å². The van der Waals surface area contributed by atoms with Crippen LogP contribution in [0.5, 0.6) is 0 Å². The average Bonchev–Trinajstić information content (AvgIpc) is 1.79. The molecule has 3 heteroatoms. The van der Waals surface area contributed by atoms with Crippen LogP contribution >= 0.6 is 0 Å². The van der Waals surface area contributed by atoms with E-state index in [0.717, 1.165) is 0 Å². The summed E-state index contributed by atoms with van der Waals surface area (Å²) in [5, 5.41) is 9.66. The topological polar surface area (TPSA) is 63.3 Å². The van der Waals surface area contributed by atoms with Crippen LogP contribution in [0.15, 0.2) is 0 Å². The van der Waals surface area contributed by atoms with Gasteiger partial charge in [-0.25, -0.2) is 0 Å². The van der Waals surface area contributed by atoms with Crippen LogP contribution in [0.1, 0.15) is 41.5 Å². The van der Waals surface area contributed by atoms with Gasteiger partial charge in [-0.1, -0.05) is 13.8 Å². The summed E-state index contributed by atoms with van der Waals surface area (Å²) in [7, 11) is 0. The highest BCUT2D eigenvalue weighted by Gasteiger charge is 2.40. The van der Waals surface area contributed by atoms with E-state index in [4.69, 9.17) is 5.73 Å². The molecule has 0 aromatic rings. The van der Waals surface area contributed by atoms with Crippen LogP contribution in [0.3, 0.4) is 0 Å². The third kappa shape index (κ3) is 3.39. The maximum atomic E-state index is 11.9. The third-order valence-electron chi connectivity index (χ3n) is 2.35. The largest absolute Gasteiger partial charge is 0.383 e. The van der Waals surface area contributed by atoms with Gasteiger partial charge in [-0.15, -0.1) is 0 Å². The van der Waals surface area contributed by atoms with Crippen LogP contribution < -0.4 is 5.73 Å². The molecule has 0 aliphatic heterocycles. The number of ketones is 1. The molecular weight excluding hydrogens is 178 g/mol. The molecular formula is C11H23NO2. The molecule has 0 spiro atoms. The fourth-order valence-corrected chi connectivity index (χ4v) is 1.88. The first-order valence-electron chi connectivity index (χ1n) is 5.03. The Balaban J connectivity index is 4.97. The molecule has 0 heterocycles. The number of nitrogens with two attached hydrogens (primary N) is 1. The van der Waals surface area contributed by atoms with E-state index in [9.17, 15) is 9.90 Å². The van der Waals surface area contributed by atoms with Crippen LogP contribution in [-0.2, 0) is 4.79 Å². The van der Waals surface area contributed by atoms with Crippen molar-refractivity contribution >= 4 is 5.78 Å². The van der Waals surface area contributed by atoms with Crippen molar-refractivity contribution in [3.8, 4) is 0 Å². The Bertz CT molecular complexity index is 208. The van der Waals surface area contributed by atoms with Crippen LogP contribution in [0.4, 0.5) is 0 Å². The number of Topliss-reactive ketones (excluding diaryl/α,β-unsaturated/α-hetero) is 1. The van der Waals surface area contributed by atoms with E-state index in [-0.39, 0.29) is 17.6 Å². The highest BCUT2D eigenvalue weighted by Crippen LogP contribution is 2.27. The average molecular weight is 201 g/mol. The van der Waals surface area contributed by atoms with E-state index in [1.807, 2.05) is 27.7 Å². The zero-order chi connectivity index (χ0) is 11.7. The predicted molar refractivity (Wildman–Crippen MR) is 57.9 cm³/mol. The van der Waals surface area contributed by atoms with Gasteiger partial charge >= 0.3 is 0 Å². The standard InChI is InChI=1S/C11H23NO2/c1-7(2)8(10(3,4)12)9(13)11(5,6)14/h7-8,14H,12H2,1-6H3/t8-/m0/s1. The molecule has 0 aliphatic carbocycles. The molecule has 0 aliphatic rings. The first-order chi connectivity index (χ1) is 5.98. The summed E-state index contributed by atoms with van der Waals surface area (Å²) in [6, 6.07) is 0. The van der Waals surface area contributed by atoms with E-state index in [1.54, 1.807) is 0 Å². The van der Waals surface area contributed by atoms with Crippen LogP contribution in [-0.4, -0.2) is 22.0 Å². The maximum absolute atomic E-state index is 11.9. The fourth-order valence-electron chi connectivity index (χ4n) is 1.88. The molecule has 0 unspecified atom stereocenters. The van der Waals surface area contributed by atoms with Gasteiger partial charge in [0.1, 0.15) is 5.60 Å². The monoisotopic (exact) mass is 201 g/mol. The highest BCUT2D eigenvalue weighted by atomic mass is 16.3. The summed E-state index contributed by atoms with van der Waals surface area (Å²) in [5.41, 5.74) is 4.05. The molecule has 84 valence electrons. The lowest BCUT2D eigenvalue weighted by molar-refractivity contribution is -0.142. The van der Waals surface area contributed by atoms with Crippen molar-refractivity contribution in [2.75, 3.05) is 0 Å². The van der Waals surface area contributed by atoms with E-state index < -0.39 is 11.1 Å². The molecule has 0 bridgehead atoms. The second-order valence-corrected chi connectivity index (χ2v) is 5.47. The second kappa shape index (κ2) is 3.99. The third-order valence-corrected chi connectivity index (χ3v) is 2.35. The number of carbonyl (C=O) groups is 1. The minimum absolute atomic E-state index is 0.133. The fraction of sp³-hybridized carbons (Fsp3) is 0.909. The SMILES string of the molecule is CC(C)[C@@H](C(=O)C(C)(C)O)C(C)(C)N. The minimum atomic E-state index is -1.30. The summed E-state index contributed by atoms with van der Waals surface area (Å²) in [6.07, 6.45) is 0. The summed E-state index contributed by atoms with van der Waals surface area (Å²) in [5.74, 6) is -0.364. The molecule has 1 atom stereocenters. The van der Waals surface area contributed by atoms with Crippen molar-refractivity contribution < 1.29 is 9.90 Å². The van der Waals surface area contributed by atoms with Crippen molar-refractivity contribution in [2.24, 2.45) is 17.6 Å². The zero-order valence-corrected chi connectivity index (χ0v) is 10.1. The number of hydrogen-bond donors (Lipinski definition) is 2. The highest BCUT2D eigenvalue weighted by molar-refractivity contribution is 5.89. The van der Waals surface area contributed by atoms with Gasteiger partial charge in [0.05, 0.1) is 0 Å². The lowest BCUT2D eigenvalue weighted by Gasteiger charge is -2.36. The van der Waals surface area contributed by atoms with Crippen molar-refractivity contribution in [3.05, 3.63) is 0 Å². The summed E-state index contributed by atoms with van der Waals surface area (Å²) in [4.78, 5) is 11.9. The van der Waals surface area contributed by atoms with Gasteiger partial charge in [-0.05, 0) is 33.6 Å². The van der Waals surface area contributed by atoms with E-state index in [2.05, 4.69) is 0 Å². The lowest BCUT2D eigenvalue weighted by atomic mass is 9.73. The molecule has 0 amide bonds. The molecule has 3 nitrogen and oxygen atoms in total. The van der Waals surface area contributed by atoms with Gasteiger partial charge in [0, 0.05) is 11.5 Å². The maximum Gasteiger partial charge on any atom is 0.168 e. The molecule has 0 radical (unpaired) electrons. The van der Waals surface area contributed by atoms with Crippen molar-refractivity contribution in [1.82, 2.24) is 0 Å². The molecule has 0 saturated carbocycles. The Labute approximate surface area is 86.7 Å². The summed E-state index contributed by atoms with van der Waals surface area (Å²) < 4.78 is 0. The second-order valence-electron chi connectivity index (χ2n) is 5.47. The van der Waals surface area contributed by atoms with Gasteiger partial charge in [-0.3, -0.25) is 4.79 Å². The van der Waals surface area contributed by atoms with Crippen molar-refractivity contribution in [3.63, 3.8) is 0 Å². The Kier molecular flexibility index (Phi) is 3.87. The Morgan fingerprint density at radius 1 is 1.21 bits per heavy atom. The van der Waals surface area contributed by atoms with Gasteiger partial charge in [0.25, 0.3) is 0 Å². The molecule has 0 fully saturated rings. The van der Waals surface area contributed by atoms with E-state index in [1.165, 1.54) is 13.8 Å². The Morgan fingerprint density at radius 3 is 1.64 bits per heavy atom. The quantitative estimate of drug-likeness (QED) is 0.721. The smallest absolute Gasteiger partial charge is 0.168 e. The van der Waals surface area contributed by atoms with E-state index in [0.29, 0.717) is 0 Å². The van der Waals surface area contributed by atoms with Gasteiger partial charge in [0.15, 0.2) is 5.78 Å². The predicted octanol–water partition coefficient (Wildman–Crippen LogP) is 1.34. The number of aliphatic hydroxyl groups is 1. The van der Waals surface area contributed by atoms with E-state index >= 15 is 0 Å². The first kappa shape index (κ1) is 13.6. The van der Waals surface area contributed by atoms with Crippen LogP contribution in [0.25, 0.3) is 0 Å². The number of carbonyl (C=O) groups excluding carboxylic acids is 1. The molecule has 0 saturated heterocycles. The normalized spacial score (nSPS) is 15.8. The molecule has 0 aromatic heterocycles. The molecule has 14 heavy (non-hydrogen) atoms. The Morgan fingerprint density at radius 2 is 1.57 bits per heavy atom. The zero-order valence-electron chi connectivity index (χ0n) is 10.1. The summed E-state index contributed by atoms with van der Waals surface area (Å²) >= 11 is 0. The minimum Gasteiger partial charge on any atom is -0.383 e. The van der Waals surface area contributed by atoms with Gasteiger partial charge < -0.3 is 10.8 Å². The van der Waals surface area contributed by atoms with Crippen molar-refractivity contribution in [2.45, 2.75) is 52.7 Å². The Hall–Kier alpha value is -0.410. The molecule has 3 N–H and O–H groups in total. The molecule has 0 aromatic carbocycles. The number of hydrogen-bond acceptors (Lipinski definition) is 3. The number of rotatable bonds is 4.